The molecule has 0 atom stereocenters. The van der Waals surface area contributed by atoms with Crippen molar-refractivity contribution >= 4 is 12.2 Å². The lowest BCUT2D eigenvalue weighted by Gasteiger charge is -2.05. The SMILES string of the molecule is O=c1nc(/C=C/c2ccccc2O)cc(C(F)(F)F)[nH]1. The summed E-state index contributed by atoms with van der Waals surface area (Å²) in [4.78, 5) is 16.1. The van der Waals surface area contributed by atoms with E-state index in [0.29, 0.717) is 5.56 Å². The van der Waals surface area contributed by atoms with Gasteiger partial charge in [-0.3, -0.25) is 0 Å². The molecule has 2 N–H and O–H groups in total. The number of nitrogens with one attached hydrogen (secondary N) is 1. The van der Waals surface area contributed by atoms with Gasteiger partial charge in [0.1, 0.15) is 11.4 Å². The molecule has 0 aliphatic rings. The molecule has 0 bridgehead atoms. The monoisotopic (exact) mass is 282 g/mol. The molecule has 0 saturated heterocycles. The molecule has 2 aromatic rings. The number of H-pyrrole nitrogens is 1. The van der Waals surface area contributed by atoms with Gasteiger partial charge in [0.25, 0.3) is 0 Å². The normalized spacial score (nSPS) is 11.9. The summed E-state index contributed by atoms with van der Waals surface area (Å²) in [7, 11) is 0. The average molecular weight is 282 g/mol. The molecule has 4 nitrogen and oxygen atoms in total. The fraction of sp³-hybridized carbons (Fsp3) is 0.0769. The second-order valence-electron chi connectivity index (χ2n) is 3.91. The molecular weight excluding hydrogens is 273 g/mol. The molecule has 0 unspecified atom stereocenters. The van der Waals surface area contributed by atoms with Gasteiger partial charge in [-0.25, -0.2) is 4.79 Å². The lowest BCUT2D eigenvalue weighted by Crippen LogP contribution is -2.19. The molecule has 0 aliphatic heterocycles. The van der Waals surface area contributed by atoms with Crippen molar-refractivity contribution in [3.05, 3.63) is 57.8 Å². The molecule has 1 heterocycles. The molecule has 0 amide bonds. The second-order valence-corrected chi connectivity index (χ2v) is 3.91. The zero-order valence-corrected chi connectivity index (χ0v) is 9.98. The lowest BCUT2D eigenvalue weighted by molar-refractivity contribution is -0.141. The number of hydrogen-bond donors (Lipinski definition) is 2. The number of para-hydroxylation sites is 1. The molecule has 0 radical (unpaired) electrons. The fourth-order valence-electron chi connectivity index (χ4n) is 1.52. The Bertz CT molecular complexity index is 705. The summed E-state index contributed by atoms with van der Waals surface area (Å²) in [6.07, 6.45) is -2.06. The number of benzene rings is 1. The Labute approximate surface area is 111 Å². The molecule has 1 aromatic heterocycles. The van der Waals surface area contributed by atoms with Crippen LogP contribution in [0.15, 0.2) is 35.1 Å². The zero-order valence-electron chi connectivity index (χ0n) is 9.98. The van der Waals surface area contributed by atoms with E-state index in [0.717, 1.165) is 6.07 Å². The average Bonchev–Trinajstić information content (AvgIpc) is 2.36. The van der Waals surface area contributed by atoms with E-state index in [1.54, 1.807) is 23.2 Å². The first-order chi connectivity index (χ1) is 9.36. The molecule has 20 heavy (non-hydrogen) atoms. The predicted octanol–water partition coefficient (Wildman–Crippen LogP) is 2.66. The van der Waals surface area contributed by atoms with Crippen LogP contribution in [0.4, 0.5) is 13.2 Å². The summed E-state index contributed by atoms with van der Waals surface area (Å²) < 4.78 is 37.5. The van der Waals surface area contributed by atoms with Crippen LogP contribution in [-0.2, 0) is 6.18 Å². The maximum atomic E-state index is 12.5. The Morgan fingerprint density at radius 1 is 1.20 bits per heavy atom. The number of rotatable bonds is 2. The van der Waals surface area contributed by atoms with E-state index in [4.69, 9.17) is 0 Å². The lowest BCUT2D eigenvalue weighted by atomic mass is 10.1. The smallest absolute Gasteiger partial charge is 0.431 e. The van der Waals surface area contributed by atoms with E-state index >= 15 is 0 Å². The summed E-state index contributed by atoms with van der Waals surface area (Å²) in [5.74, 6) is -0.0235. The van der Waals surface area contributed by atoms with Gasteiger partial charge in [-0.1, -0.05) is 18.2 Å². The summed E-state index contributed by atoms with van der Waals surface area (Å²) >= 11 is 0. The number of alkyl halides is 3. The van der Waals surface area contributed by atoms with Gasteiger partial charge >= 0.3 is 11.9 Å². The van der Waals surface area contributed by atoms with Crippen LogP contribution in [0.2, 0.25) is 0 Å². The van der Waals surface area contributed by atoms with Crippen molar-refractivity contribution in [1.82, 2.24) is 9.97 Å². The van der Waals surface area contributed by atoms with Gasteiger partial charge in [0.05, 0.1) is 5.69 Å². The third kappa shape index (κ3) is 3.25. The molecule has 2 rings (SSSR count). The number of phenolic OH excluding ortho intramolecular Hbond substituents is 1. The molecule has 0 aliphatic carbocycles. The quantitative estimate of drug-likeness (QED) is 0.890. The topological polar surface area (TPSA) is 66.0 Å². The summed E-state index contributed by atoms with van der Waals surface area (Å²) in [5, 5.41) is 9.51. The summed E-state index contributed by atoms with van der Waals surface area (Å²) in [5.41, 5.74) is -2.00. The molecule has 0 saturated carbocycles. The first-order valence-corrected chi connectivity index (χ1v) is 5.51. The molecular formula is C13H9F3N2O2. The predicted molar refractivity (Wildman–Crippen MR) is 66.9 cm³/mol. The van der Waals surface area contributed by atoms with Crippen LogP contribution in [0.3, 0.4) is 0 Å². The van der Waals surface area contributed by atoms with Gasteiger partial charge in [0, 0.05) is 5.56 Å². The highest BCUT2D eigenvalue weighted by Gasteiger charge is 2.32. The van der Waals surface area contributed by atoms with E-state index in [9.17, 15) is 23.1 Å². The van der Waals surface area contributed by atoms with Crippen molar-refractivity contribution in [3.63, 3.8) is 0 Å². The fourth-order valence-corrected chi connectivity index (χ4v) is 1.52. The van der Waals surface area contributed by atoms with E-state index in [1.165, 1.54) is 18.2 Å². The van der Waals surface area contributed by atoms with Crippen LogP contribution in [0.5, 0.6) is 5.75 Å². The number of phenols is 1. The first-order valence-electron chi connectivity index (χ1n) is 5.51. The molecule has 0 spiro atoms. The zero-order chi connectivity index (χ0) is 14.8. The molecule has 7 heteroatoms. The van der Waals surface area contributed by atoms with Gasteiger partial charge in [-0.05, 0) is 24.3 Å². The summed E-state index contributed by atoms with van der Waals surface area (Å²) in [6, 6.07) is 7.00. The Kier molecular flexibility index (Phi) is 3.60. The third-order valence-corrected chi connectivity index (χ3v) is 2.44. The minimum Gasteiger partial charge on any atom is -0.507 e. The largest absolute Gasteiger partial charge is 0.507 e. The van der Waals surface area contributed by atoms with Crippen molar-refractivity contribution < 1.29 is 18.3 Å². The van der Waals surface area contributed by atoms with Crippen LogP contribution >= 0.6 is 0 Å². The van der Waals surface area contributed by atoms with Crippen LogP contribution in [0.25, 0.3) is 12.2 Å². The number of halogens is 3. The second kappa shape index (κ2) is 5.20. The minimum absolute atomic E-state index is 0.0235. The Balaban J connectivity index is 2.37. The molecule has 0 fully saturated rings. The Morgan fingerprint density at radius 3 is 2.55 bits per heavy atom. The van der Waals surface area contributed by atoms with Gasteiger partial charge in [0.15, 0.2) is 0 Å². The molecule has 1 aromatic carbocycles. The Hall–Kier alpha value is -2.57. The van der Waals surface area contributed by atoms with Crippen molar-refractivity contribution in [2.75, 3.05) is 0 Å². The van der Waals surface area contributed by atoms with Gasteiger partial charge in [-0.15, -0.1) is 0 Å². The first kappa shape index (κ1) is 13.9. The minimum atomic E-state index is -4.65. The van der Waals surface area contributed by atoms with Crippen LogP contribution in [0.1, 0.15) is 17.0 Å². The standard InChI is InChI=1S/C13H9F3N2O2/c14-13(15,16)11-7-9(17-12(20)18-11)6-5-8-3-1-2-4-10(8)19/h1-7,19H,(H,17,18,20)/b6-5+. The third-order valence-electron chi connectivity index (χ3n) is 2.44. The highest BCUT2D eigenvalue weighted by atomic mass is 19.4. The number of aromatic amines is 1. The number of hydrogen-bond acceptors (Lipinski definition) is 3. The van der Waals surface area contributed by atoms with Crippen molar-refractivity contribution in [2.24, 2.45) is 0 Å². The van der Waals surface area contributed by atoms with Crippen molar-refractivity contribution in [1.29, 1.82) is 0 Å². The van der Waals surface area contributed by atoms with Crippen LogP contribution in [0, 0.1) is 0 Å². The van der Waals surface area contributed by atoms with Crippen LogP contribution < -0.4 is 5.69 Å². The maximum absolute atomic E-state index is 12.5. The maximum Gasteiger partial charge on any atom is 0.431 e. The van der Waals surface area contributed by atoms with Gasteiger partial charge in [-0.2, -0.15) is 18.2 Å². The van der Waals surface area contributed by atoms with E-state index in [-0.39, 0.29) is 11.4 Å². The van der Waals surface area contributed by atoms with Crippen LogP contribution in [-0.4, -0.2) is 15.1 Å². The highest BCUT2D eigenvalue weighted by molar-refractivity contribution is 5.71. The molecule has 104 valence electrons. The van der Waals surface area contributed by atoms with E-state index < -0.39 is 17.6 Å². The van der Waals surface area contributed by atoms with E-state index in [1.807, 2.05) is 0 Å². The Morgan fingerprint density at radius 2 is 1.90 bits per heavy atom. The number of aromatic nitrogens is 2. The number of aromatic hydroxyl groups is 1. The van der Waals surface area contributed by atoms with Gasteiger partial charge < -0.3 is 10.1 Å². The van der Waals surface area contributed by atoms with Gasteiger partial charge in [0.2, 0.25) is 0 Å². The van der Waals surface area contributed by atoms with E-state index in [2.05, 4.69) is 4.98 Å². The highest BCUT2D eigenvalue weighted by Crippen LogP contribution is 2.27. The van der Waals surface area contributed by atoms with Crippen molar-refractivity contribution in [3.8, 4) is 5.75 Å². The number of nitrogens with zero attached hydrogens (tertiary/aromatic N) is 1. The van der Waals surface area contributed by atoms with Crippen molar-refractivity contribution in [2.45, 2.75) is 6.18 Å². The summed E-state index contributed by atoms with van der Waals surface area (Å²) in [6.45, 7) is 0.